The minimum Gasteiger partial charge on any atom is -0.872 e. The molecule has 20 heavy (non-hydrogen) atoms. The Morgan fingerprint density at radius 1 is 1.45 bits per heavy atom. The molecule has 0 aliphatic rings. The third-order valence-corrected chi connectivity index (χ3v) is 2.03. The number of carboxylic acids is 1. The normalized spacial score (nSPS) is 9.20. The zero-order chi connectivity index (χ0) is 15.1. The maximum absolute atomic E-state index is 10.8. The Hall–Kier alpha value is -3.23. The first-order valence-corrected chi connectivity index (χ1v) is 5.18. The molecule has 0 unspecified atom stereocenters. The molecular weight excluding hydrogens is 268 g/mol. The molecule has 1 heterocycles. The summed E-state index contributed by atoms with van der Waals surface area (Å²) in [6.07, 6.45) is 4.94. The van der Waals surface area contributed by atoms with Crippen LogP contribution in [-0.4, -0.2) is 21.0 Å². The molecule has 4 N–H and O–H groups in total. The van der Waals surface area contributed by atoms with Gasteiger partial charge >= 0.3 is 5.97 Å². The Morgan fingerprint density at radius 3 is 2.55 bits per heavy atom. The molecule has 0 radical (unpaired) electrons. The topological polar surface area (TPSA) is 157 Å². The standard InChI is InChI=1S/C7H5NO5.C4H5N3/c9-6-2-1-4(8(12)13)3-5(6)7(10)11;5-4-3-6-1-2-7-4/h1-3,9H,(H,10,11);1-3H,(H2,5,7). The third-order valence-electron chi connectivity index (χ3n) is 2.03. The third kappa shape index (κ3) is 4.22. The first-order chi connectivity index (χ1) is 9.41. The van der Waals surface area contributed by atoms with Crippen LogP contribution >= 0.6 is 0 Å². The number of hydrogen-bond donors (Lipinski definition) is 2. The van der Waals surface area contributed by atoms with Crippen LogP contribution in [0.3, 0.4) is 0 Å². The predicted molar refractivity (Wildman–Crippen MR) is 64.7 cm³/mol. The molecule has 0 bridgehead atoms. The Labute approximate surface area is 112 Å². The lowest BCUT2D eigenvalue weighted by Crippen LogP contribution is -2.04. The van der Waals surface area contributed by atoms with Crippen LogP contribution in [0.25, 0.3) is 0 Å². The first kappa shape index (κ1) is 14.8. The molecule has 0 aliphatic heterocycles. The molecule has 0 spiro atoms. The van der Waals surface area contributed by atoms with Gasteiger partial charge in [0.2, 0.25) is 6.20 Å². The van der Waals surface area contributed by atoms with Gasteiger partial charge in [-0.1, -0.05) is 11.8 Å². The van der Waals surface area contributed by atoms with Gasteiger partial charge in [0.1, 0.15) is 0 Å². The number of nitro benzene ring substituents is 1. The average molecular weight is 278 g/mol. The SMILES string of the molecule is Nc1c[nH+]ccn1.O=C(O)c1cc([N+](=O)[O-])ccc1[O-]. The van der Waals surface area contributed by atoms with Gasteiger partial charge in [-0.3, -0.25) is 10.1 Å². The van der Waals surface area contributed by atoms with E-state index in [1.54, 1.807) is 18.6 Å². The molecule has 1 aromatic carbocycles. The molecule has 0 aliphatic carbocycles. The Balaban J connectivity index is 0.000000240. The van der Waals surface area contributed by atoms with Gasteiger partial charge in [0.25, 0.3) is 5.69 Å². The summed E-state index contributed by atoms with van der Waals surface area (Å²) in [6, 6.07) is 2.57. The van der Waals surface area contributed by atoms with Crippen molar-refractivity contribution < 1.29 is 24.9 Å². The van der Waals surface area contributed by atoms with Gasteiger partial charge in [0.05, 0.1) is 16.7 Å². The number of aromatic nitrogens is 2. The van der Waals surface area contributed by atoms with Crippen LogP contribution in [0, 0.1) is 10.1 Å². The van der Waals surface area contributed by atoms with Crippen LogP contribution < -0.4 is 15.8 Å². The first-order valence-electron chi connectivity index (χ1n) is 5.18. The summed E-state index contributed by atoms with van der Waals surface area (Å²) < 4.78 is 0. The number of aromatic carboxylic acids is 1. The zero-order valence-electron chi connectivity index (χ0n) is 10.0. The molecule has 0 amide bonds. The van der Waals surface area contributed by atoms with Crippen molar-refractivity contribution in [3.63, 3.8) is 0 Å². The minimum atomic E-state index is -1.46. The van der Waals surface area contributed by atoms with Crippen LogP contribution in [0.1, 0.15) is 10.4 Å². The van der Waals surface area contributed by atoms with E-state index >= 15 is 0 Å². The lowest BCUT2D eigenvalue weighted by atomic mass is 10.2. The van der Waals surface area contributed by atoms with E-state index in [0.29, 0.717) is 5.82 Å². The van der Waals surface area contributed by atoms with E-state index in [4.69, 9.17) is 10.8 Å². The summed E-state index contributed by atoms with van der Waals surface area (Å²) in [5.74, 6) is -1.69. The molecule has 0 atom stereocenters. The second kappa shape index (κ2) is 6.64. The molecule has 0 fully saturated rings. The number of nitrogens with two attached hydrogens (primary N) is 1. The fraction of sp³-hybridized carbons (Fsp3) is 0. The Kier molecular flexibility index (Phi) is 4.92. The van der Waals surface area contributed by atoms with Crippen molar-refractivity contribution in [2.75, 3.05) is 5.73 Å². The molecule has 1 aromatic heterocycles. The number of carboxylic acid groups (broad SMARTS) is 1. The van der Waals surface area contributed by atoms with Crippen molar-refractivity contribution in [2.24, 2.45) is 0 Å². The van der Waals surface area contributed by atoms with Gasteiger partial charge in [-0.2, -0.15) is 0 Å². The van der Waals surface area contributed by atoms with Crippen LogP contribution in [-0.2, 0) is 0 Å². The Morgan fingerprint density at radius 2 is 2.15 bits per heavy atom. The predicted octanol–water partition coefficient (Wildman–Crippen LogP) is -0.156. The minimum absolute atomic E-state index is 0.406. The van der Waals surface area contributed by atoms with E-state index < -0.39 is 27.9 Å². The number of nitrogen functional groups attached to an aromatic ring is 1. The fourth-order valence-electron chi connectivity index (χ4n) is 1.14. The number of carbonyl (C=O) groups is 1. The number of nitrogens with zero attached hydrogens (tertiary/aromatic N) is 2. The van der Waals surface area contributed by atoms with Gasteiger partial charge in [-0.25, -0.2) is 14.8 Å². The maximum Gasteiger partial charge on any atom is 0.335 e. The summed E-state index contributed by atoms with van der Waals surface area (Å²) in [5.41, 5.74) is 4.22. The zero-order valence-corrected chi connectivity index (χ0v) is 10.0. The van der Waals surface area contributed by atoms with Crippen LogP contribution in [0.2, 0.25) is 0 Å². The number of hydrogen-bond acceptors (Lipinski definition) is 6. The van der Waals surface area contributed by atoms with Crippen molar-refractivity contribution in [3.05, 3.63) is 52.5 Å². The summed E-state index contributed by atoms with van der Waals surface area (Å²) in [7, 11) is 0. The van der Waals surface area contributed by atoms with E-state index in [2.05, 4.69) is 9.97 Å². The van der Waals surface area contributed by atoms with Crippen molar-refractivity contribution in [1.82, 2.24) is 4.98 Å². The number of non-ortho nitro benzene ring substituents is 1. The number of nitrogens with one attached hydrogen (secondary N) is 1. The molecular formula is C11H10N4O5. The second-order valence-electron chi connectivity index (χ2n) is 3.42. The summed E-state index contributed by atoms with van der Waals surface area (Å²) in [4.78, 5) is 26.3. The number of aromatic amines is 1. The van der Waals surface area contributed by atoms with Gasteiger partial charge < -0.3 is 15.9 Å². The molecule has 0 saturated carbocycles. The van der Waals surface area contributed by atoms with Crippen molar-refractivity contribution in [1.29, 1.82) is 0 Å². The van der Waals surface area contributed by atoms with E-state index in [9.17, 15) is 20.0 Å². The highest BCUT2D eigenvalue weighted by atomic mass is 16.6. The van der Waals surface area contributed by atoms with Gasteiger partial charge in [-0.15, -0.1) is 0 Å². The number of rotatable bonds is 2. The van der Waals surface area contributed by atoms with Crippen LogP contribution in [0.4, 0.5) is 11.5 Å². The number of nitro groups is 1. The molecule has 0 saturated heterocycles. The summed E-state index contributed by atoms with van der Waals surface area (Å²) >= 11 is 0. The van der Waals surface area contributed by atoms with E-state index in [-0.39, 0.29) is 0 Å². The fourth-order valence-corrected chi connectivity index (χ4v) is 1.14. The molecule has 2 aromatic rings. The molecule has 9 nitrogen and oxygen atoms in total. The maximum atomic E-state index is 10.8. The molecule has 104 valence electrons. The van der Waals surface area contributed by atoms with Crippen molar-refractivity contribution in [3.8, 4) is 5.75 Å². The number of anilines is 1. The smallest absolute Gasteiger partial charge is 0.335 e. The van der Waals surface area contributed by atoms with Crippen LogP contribution in [0.15, 0.2) is 36.8 Å². The lowest BCUT2D eigenvalue weighted by Gasteiger charge is -2.07. The summed E-state index contributed by atoms with van der Waals surface area (Å²) in [6.45, 7) is 0. The van der Waals surface area contributed by atoms with E-state index in [1.807, 2.05) is 0 Å². The van der Waals surface area contributed by atoms with Gasteiger partial charge in [0.15, 0.2) is 12.0 Å². The lowest BCUT2D eigenvalue weighted by molar-refractivity contribution is -0.385. The summed E-state index contributed by atoms with van der Waals surface area (Å²) in [5, 5.41) is 29.5. The highest BCUT2D eigenvalue weighted by molar-refractivity contribution is 5.91. The highest BCUT2D eigenvalue weighted by Crippen LogP contribution is 2.20. The van der Waals surface area contributed by atoms with Crippen LogP contribution in [0.5, 0.6) is 5.75 Å². The second-order valence-corrected chi connectivity index (χ2v) is 3.42. The van der Waals surface area contributed by atoms with Gasteiger partial charge in [-0.05, 0) is 0 Å². The quantitative estimate of drug-likeness (QED) is 0.570. The van der Waals surface area contributed by atoms with Gasteiger partial charge in [0, 0.05) is 12.1 Å². The largest absolute Gasteiger partial charge is 0.872 e. The molecule has 9 heteroatoms. The highest BCUT2D eigenvalue weighted by Gasteiger charge is 2.10. The molecule has 2 rings (SSSR count). The number of H-pyrrole nitrogens is 1. The monoisotopic (exact) mass is 278 g/mol. The Bertz CT molecular complexity index is 617. The average Bonchev–Trinajstić information content (AvgIpc) is 2.40. The van der Waals surface area contributed by atoms with Crippen molar-refractivity contribution in [2.45, 2.75) is 0 Å². The van der Waals surface area contributed by atoms with E-state index in [0.717, 1.165) is 18.2 Å². The number of benzene rings is 1. The van der Waals surface area contributed by atoms with Crippen molar-refractivity contribution >= 4 is 17.5 Å². The van der Waals surface area contributed by atoms with E-state index in [1.165, 1.54) is 0 Å².